The van der Waals surface area contributed by atoms with Gasteiger partial charge in [-0.2, -0.15) is 0 Å². The summed E-state index contributed by atoms with van der Waals surface area (Å²) in [4.78, 5) is 45.7. The first kappa shape index (κ1) is 17.8. The Kier molecular flexibility index (Phi) is 3.92. The molecule has 8 nitrogen and oxygen atoms in total. The molecule has 2 saturated heterocycles. The first-order valence-electron chi connectivity index (χ1n) is 9.29. The van der Waals surface area contributed by atoms with Crippen molar-refractivity contribution in [3.63, 3.8) is 0 Å². The molecular formula is C19H25N5O3. The highest BCUT2D eigenvalue weighted by atomic mass is 16.2. The monoisotopic (exact) mass is 371 g/mol. The van der Waals surface area contributed by atoms with E-state index in [9.17, 15) is 14.4 Å². The van der Waals surface area contributed by atoms with Gasteiger partial charge in [0.25, 0.3) is 0 Å². The Balaban J connectivity index is 1.91. The maximum absolute atomic E-state index is 13.4. The second-order valence-corrected chi connectivity index (χ2v) is 7.65. The number of nitrogens with zero attached hydrogens (tertiary/aromatic N) is 4. The van der Waals surface area contributed by atoms with Gasteiger partial charge in [-0.25, -0.2) is 4.79 Å². The van der Waals surface area contributed by atoms with Crippen molar-refractivity contribution in [3.05, 3.63) is 23.8 Å². The molecule has 3 aliphatic heterocycles. The molecule has 1 spiro atoms. The van der Waals surface area contributed by atoms with Gasteiger partial charge in [-0.15, -0.1) is 0 Å². The number of carbonyl (C=O) groups excluding carboxylic acids is 3. The summed E-state index contributed by atoms with van der Waals surface area (Å²) in [6.45, 7) is 5.11. The van der Waals surface area contributed by atoms with E-state index in [0.717, 1.165) is 40.7 Å². The van der Waals surface area contributed by atoms with Crippen LogP contribution in [0.1, 0.15) is 12.5 Å². The predicted octanol–water partition coefficient (Wildman–Crippen LogP) is 0.372. The topological polar surface area (TPSA) is 90.2 Å². The highest BCUT2D eigenvalue weighted by molar-refractivity contribution is 6.20. The summed E-state index contributed by atoms with van der Waals surface area (Å²) >= 11 is 0. The minimum atomic E-state index is -1.31. The molecule has 144 valence electrons. The third kappa shape index (κ3) is 2.29. The van der Waals surface area contributed by atoms with Gasteiger partial charge >= 0.3 is 6.03 Å². The van der Waals surface area contributed by atoms with E-state index in [2.05, 4.69) is 16.7 Å². The molecular weight excluding hydrogens is 346 g/mol. The molecule has 27 heavy (non-hydrogen) atoms. The van der Waals surface area contributed by atoms with Crippen molar-refractivity contribution in [1.82, 2.24) is 14.7 Å². The molecule has 2 N–H and O–H groups in total. The van der Waals surface area contributed by atoms with E-state index in [1.54, 1.807) is 0 Å². The van der Waals surface area contributed by atoms with Gasteiger partial charge in [-0.1, -0.05) is 6.92 Å². The number of likely N-dealkylation sites (N-methyl/N-ethyl adjacent to an activating group) is 1. The minimum absolute atomic E-state index is 0.256. The molecule has 4 amide bonds. The minimum Gasteiger partial charge on any atom is -0.399 e. The van der Waals surface area contributed by atoms with Crippen LogP contribution in [0.25, 0.3) is 0 Å². The molecule has 0 radical (unpaired) electrons. The number of nitrogens with two attached hydrogens (primary N) is 1. The van der Waals surface area contributed by atoms with Crippen molar-refractivity contribution < 1.29 is 14.4 Å². The van der Waals surface area contributed by atoms with Gasteiger partial charge in [0.2, 0.25) is 11.8 Å². The number of imide groups is 2. The number of hydrogen-bond donors (Lipinski definition) is 1. The molecule has 0 unspecified atom stereocenters. The molecule has 1 aromatic rings. The predicted molar refractivity (Wildman–Crippen MR) is 101 cm³/mol. The summed E-state index contributed by atoms with van der Waals surface area (Å²) in [6, 6.07) is 4.77. The first-order chi connectivity index (χ1) is 12.8. The molecule has 0 aromatic heterocycles. The Labute approximate surface area is 158 Å². The van der Waals surface area contributed by atoms with E-state index >= 15 is 0 Å². The van der Waals surface area contributed by atoms with Gasteiger partial charge in [-0.3, -0.25) is 24.3 Å². The second kappa shape index (κ2) is 5.95. The highest BCUT2D eigenvalue weighted by Crippen LogP contribution is 2.47. The van der Waals surface area contributed by atoms with Crippen molar-refractivity contribution in [2.24, 2.45) is 5.41 Å². The number of hydrogen-bond acceptors (Lipinski definition) is 6. The fraction of sp³-hybridized carbons (Fsp3) is 0.526. The number of barbiturate groups is 1. The van der Waals surface area contributed by atoms with Crippen molar-refractivity contribution >= 4 is 29.2 Å². The van der Waals surface area contributed by atoms with E-state index in [-0.39, 0.29) is 12.5 Å². The molecule has 4 rings (SSSR count). The number of fused-ring (bicyclic) bond motifs is 4. The van der Waals surface area contributed by atoms with E-state index in [4.69, 9.17) is 5.73 Å². The molecule has 1 aromatic carbocycles. The lowest BCUT2D eigenvalue weighted by Crippen LogP contribution is -2.74. The number of carbonyl (C=O) groups is 3. The molecule has 3 aliphatic rings. The van der Waals surface area contributed by atoms with E-state index < -0.39 is 23.3 Å². The average molecular weight is 371 g/mol. The normalized spacial score (nSPS) is 25.1. The lowest BCUT2D eigenvalue weighted by atomic mass is 9.67. The number of piperazine rings is 1. The van der Waals surface area contributed by atoms with Crippen LogP contribution in [0.3, 0.4) is 0 Å². The standard InChI is InChI=1S/C19H25N5O3/c1-4-23-7-8-24-14-6-5-13(20)9-12(14)10-19(15(24)11-23)16(25)21(2)18(27)22(3)17(19)26/h5-6,9,15H,4,7-8,10-11,20H2,1-3H3/t15-/m0/s1. The molecule has 0 aliphatic carbocycles. The first-order valence-corrected chi connectivity index (χ1v) is 9.29. The smallest absolute Gasteiger partial charge is 0.332 e. The highest BCUT2D eigenvalue weighted by Gasteiger charge is 2.63. The van der Waals surface area contributed by atoms with Crippen LogP contribution < -0.4 is 10.6 Å². The van der Waals surface area contributed by atoms with Gasteiger partial charge in [0.1, 0.15) is 0 Å². The van der Waals surface area contributed by atoms with E-state index in [1.807, 2.05) is 18.2 Å². The molecule has 1 atom stereocenters. The number of amides is 4. The van der Waals surface area contributed by atoms with Crippen LogP contribution in [0.2, 0.25) is 0 Å². The van der Waals surface area contributed by atoms with E-state index in [0.29, 0.717) is 12.2 Å². The fourth-order valence-electron chi connectivity index (χ4n) is 4.81. The number of anilines is 2. The summed E-state index contributed by atoms with van der Waals surface area (Å²) in [5.41, 5.74) is 7.18. The summed E-state index contributed by atoms with van der Waals surface area (Å²) in [5, 5.41) is 0. The summed E-state index contributed by atoms with van der Waals surface area (Å²) in [7, 11) is 2.91. The Hall–Kier alpha value is -2.61. The van der Waals surface area contributed by atoms with Crippen LogP contribution in [0.15, 0.2) is 18.2 Å². The van der Waals surface area contributed by atoms with Crippen LogP contribution >= 0.6 is 0 Å². The SMILES string of the molecule is CCN1CCN2c3ccc(N)cc3CC3(C(=O)N(C)C(=O)N(C)C3=O)[C@@H]2C1. The molecule has 2 fully saturated rings. The van der Waals surface area contributed by atoms with Crippen LogP contribution in [-0.2, 0) is 16.0 Å². The number of nitrogen functional groups attached to an aromatic ring is 1. The Morgan fingerprint density at radius 2 is 1.78 bits per heavy atom. The van der Waals surface area contributed by atoms with Gasteiger partial charge in [0.15, 0.2) is 5.41 Å². The second-order valence-electron chi connectivity index (χ2n) is 7.65. The molecule has 0 saturated carbocycles. The zero-order valence-corrected chi connectivity index (χ0v) is 15.9. The van der Waals surface area contributed by atoms with Crippen LogP contribution in [0.5, 0.6) is 0 Å². The molecule has 3 heterocycles. The van der Waals surface area contributed by atoms with Gasteiger partial charge in [0.05, 0.1) is 6.04 Å². The van der Waals surface area contributed by atoms with Crippen molar-refractivity contribution in [1.29, 1.82) is 0 Å². The number of rotatable bonds is 1. The Bertz CT molecular complexity index is 815. The third-order valence-corrected chi connectivity index (χ3v) is 6.31. The number of urea groups is 1. The zero-order chi connectivity index (χ0) is 19.5. The summed E-state index contributed by atoms with van der Waals surface area (Å²) < 4.78 is 0. The fourth-order valence-corrected chi connectivity index (χ4v) is 4.81. The maximum atomic E-state index is 13.4. The van der Waals surface area contributed by atoms with E-state index in [1.165, 1.54) is 14.1 Å². The van der Waals surface area contributed by atoms with Crippen LogP contribution in [-0.4, -0.2) is 78.9 Å². The van der Waals surface area contributed by atoms with Gasteiger partial charge < -0.3 is 10.6 Å². The van der Waals surface area contributed by atoms with Crippen molar-refractivity contribution in [2.45, 2.75) is 19.4 Å². The van der Waals surface area contributed by atoms with Gasteiger partial charge in [-0.05, 0) is 36.7 Å². The quantitative estimate of drug-likeness (QED) is 0.567. The Morgan fingerprint density at radius 3 is 2.41 bits per heavy atom. The maximum Gasteiger partial charge on any atom is 0.332 e. The molecule has 8 heteroatoms. The summed E-state index contributed by atoms with van der Waals surface area (Å²) in [6.07, 6.45) is 0.256. The van der Waals surface area contributed by atoms with Crippen molar-refractivity contribution in [2.75, 3.05) is 50.9 Å². The van der Waals surface area contributed by atoms with Crippen LogP contribution in [0, 0.1) is 5.41 Å². The molecule has 0 bridgehead atoms. The largest absolute Gasteiger partial charge is 0.399 e. The van der Waals surface area contributed by atoms with Crippen molar-refractivity contribution in [3.8, 4) is 0 Å². The van der Waals surface area contributed by atoms with Crippen LogP contribution in [0.4, 0.5) is 16.2 Å². The Morgan fingerprint density at radius 1 is 1.11 bits per heavy atom. The lowest BCUT2D eigenvalue weighted by Gasteiger charge is -2.56. The number of benzene rings is 1. The third-order valence-electron chi connectivity index (χ3n) is 6.31. The summed E-state index contributed by atoms with van der Waals surface area (Å²) in [5.74, 6) is -0.840. The van der Waals surface area contributed by atoms with Gasteiger partial charge in [0, 0.05) is 45.1 Å². The zero-order valence-electron chi connectivity index (χ0n) is 15.9. The average Bonchev–Trinajstić information content (AvgIpc) is 2.68. The lowest BCUT2D eigenvalue weighted by molar-refractivity contribution is -0.160.